The van der Waals surface area contributed by atoms with Crippen molar-refractivity contribution in [3.8, 4) is 0 Å². The molecule has 0 bridgehead atoms. The van der Waals surface area contributed by atoms with Crippen LogP contribution < -0.4 is 4.90 Å². The van der Waals surface area contributed by atoms with Gasteiger partial charge in [-0.3, -0.25) is 19.3 Å². The highest BCUT2D eigenvalue weighted by atomic mass is 79.9. The van der Waals surface area contributed by atoms with E-state index in [9.17, 15) is 14.4 Å². The number of para-hydroxylation sites is 1. The first-order chi connectivity index (χ1) is 12.8. The van der Waals surface area contributed by atoms with Crippen LogP contribution in [0.25, 0.3) is 6.08 Å². The van der Waals surface area contributed by atoms with Gasteiger partial charge < -0.3 is 0 Å². The number of halogens is 1. The first-order valence-electron chi connectivity index (χ1n) is 8.70. The van der Waals surface area contributed by atoms with Gasteiger partial charge in [0.2, 0.25) is 11.8 Å². The van der Waals surface area contributed by atoms with Gasteiger partial charge >= 0.3 is 0 Å². The molecule has 1 atom stereocenters. The van der Waals surface area contributed by atoms with Gasteiger partial charge in [-0.1, -0.05) is 66.2 Å². The van der Waals surface area contributed by atoms with Crippen molar-refractivity contribution in [2.45, 2.75) is 20.3 Å². The van der Waals surface area contributed by atoms with E-state index in [2.05, 4.69) is 15.9 Å². The van der Waals surface area contributed by atoms with Gasteiger partial charge in [0.05, 0.1) is 11.6 Å². The molecule has 2 amide bonds. The number of anilines is 1. The molecule has 0 aromatic heterocycles. The van der Waals surface area contributed by atoms with Crippen molar-refractivity contribution in [1.82, 2.24) is 0 Å². The average molecular weight is 426 g/mol. The second-order valence-electron chi connectivity index (χ2n) is 7.13. The first-order valence-corrected chi connectivity index (χ1v) is 9.50. The smallest absolute Gasteiger partial charge is 0.238 e. The molecule has 0 unspecified atom stereocenters. The molecule has 1 aliphatic heterocycles. The largest absolute Gasteiger partial charge is 0.294 e. The number of benzene rings is 2. The maximum atomic E-state index is 12.9. The van der Waals surface area contributed by atoms with Crippen LogP contribution in [0.1, 0.15) is 25.8 Å². The molecular weight excluding hydrogens is 406 g/mol. The highest BCUT2D eigenvalue weighted by Gasteiger charge is 2.49. The summed E-state index contributed by atoms with van der Waals surface area (Å²) >= 11 is 3.37. The lowest BCUT2D eigenvalue weighted by Crippen LogP contribution is -2.38. The molecule has 3 rings (SSSR count). The predicted molar refractivity (Wildman–Crippen MR) is 109 cm³/mol. The third-order valence-electron chi connectivity index (χ3n) is 4.96. The van der Waals surface area contributed by atoms with Crippen molar-refractivity contribution >= 4 is 45.3 Å². The molecule has 0 radical (unpaired) electrons. The number of nitrogens with zero attached hydrogens (tertiary/aromatic N) is 1. The van der Waals surface area contributed by atoms with Gasteiger partial charge in [0.25, 0.3) is 0 Å². The highest BCUT2D eigenvalue weighted by Crippen LogP contribution is 2.39. The SMILES string of the molecule is CC(C)(C(=O)/C=C/c1ccc(Br)cc1)[C@H]1CC(=O)N(c2ccccc2)C1=O. The summed E-state index contributed by atoms with van der Waals surface area (Å²) in [6.07, 6.45) is 3.26. The number of imide groups is 1. The molecule has 27 heavy (non-hydrogen) atoms. The number of carbonyl (C=O) groups excluding carboxylic acids is 3. The van der Waals surface area contributed by atoms with Crippen LogP contribution in [-0.4, -0.2) is 17.6 Å². The van der Waals surface area contributed by atoms with Gasteiger partial charge in [-0.25, -0.2) is 0 Å². The standard InChI is InChI=1S/C22H20BrNO3/c1-22(2,19(25)13-10-15-8-11-16(23)12-9-15)18-14-20(26)24(21(18)27)17-6-4-3-5-7-17/h3-13,18H,14H2,1-2H3/b13-10+/t18-/m0/s1. The van der Waals surface area contributed by atoms with Crippen LogP contribution in [0, 0.1) is 11.3 Å². The summed E-state index contributed by atoms with van der Waals surface area (Å²) in [5.41, 5.74) is 0.466. The first kappa shape index (κ1) is 19.2. The van der Waals surface area contributed by atoms with E-state index >= 15 is 0 Å². The van der Waals surface area contributed by atoms with E-state index < -0.39 is 11.3 Å². The van der Waals surface area contributed by atoms with Gasteiger partial charge in [0.15, 0.2) is 5.78 Å². The molecule has 4 nitrogen and oxygen atoms in total. The second-order valence-corrected chi connectivity index (χ2v) is 8.05. The van der Waals surface area contributed by atoms with Gasteiger partial charge in [-0.15, -0.1) is 0 Å². The van der Waals surface area contributed by atoms with E-state index in [1.165, 1.54) is 11.0 Å². The number of rotatable bonds is 5. The van der Waals surface area contributed by atoms with Crippen LogP contribution in [0.2, 0.25) is 0 Å². The number of carbonyl (C=O) groups is 3. The van der Waals surface area contributed by atoms with Crippen LogP contribution in [0.4, 0.5) is 5.69 Å². The minimum absolute atomic E-state index is 0.0403. The van der Waals surface area contributed by atoms with E-state index in [0.29, 0.717) is 5.69 Å². The summed E-state index contributed by atoms with van der Waals surface area (Å²) in [4.78, 5) is 39.4. The van der Waals surface area contributed by atoms with Crippen molar-refractivity contribution in [3.63, 3.8) is 0 Å². The van der Waals surface area contributed by atoms with Crippen LogP contribution in [0.3, 0.4) is 0 Å². The molecule has 0 aliphatic carbocycles. The third-order valence-corrected chi connectivity index (χ3v) is 5.49. The van der Waals surface area contributed by atoms with E-state index in [4.69, 9.17) is 0 Å². The lowest BCUT2D eigenvalue weighted by molar-refractivity contribution is -0.132. The monoisotopic (exact) mass is 425 g/mol. The maximum Gasteiger partial charge on any atom is 0.238 e. The molecule has 1 saturated heterocycles. The molecule has 0 N–H and O–H groups in total. The Morgan fingerprint density at radius 1 is 1.07 bits per heavy atom. The zero-order valence-corrected chi connectivity index (χ0v) is 16.8. The van der Waals surface area contributed by atoms with Gasteiger partial charge in [-0.2, -0.15) is 0 Å². The Kier molecular flexibility index (Phi) is 5.42. The topological polar surface area (TPSA) is 54.5 Å². The molecule has 5 heteroatoms. The molecule has 1 fully saturated rings. The number of hydrogen-bond donors (Lipinski definition) is 0. The molecule has 2 aromatic rings. The Labute approximate surface area is 167 Å². The fourth-order valence-electron chi connectivity index (χ4n) is 3.18. The Morgan fingerprint density at radius 2 is 1.70 bits per heavy atom. The quantitative estimate of drug-likeness (QED) is 0.517. The zero-order valence-electron chi connectivity index (χ0n) is 15.2. The minimum atomic E-state index is -0.970. The van der Waals surface area contributed by atoms with Crippen LogP contribution in [-0.2, 0) is 14.4 Å². The summed E-state index contributed by atoms with van der Waals surface area (Å²) in [7, 11) is 0. The number of hydrogen-bond acceptors (Lipinski definition) is 3. The van der Waals surface area contributed by atoms with E-state index in [1.54, 1.807) is 44.2 Å². The number of ketones is 1. The average Bonchev–Trinajstić information content (AvgIpc) is 2.96. The molecule has 1 aliphatic rings. The summed E-state index contributed by atoms with van der Waals surface area (Å²) in [5.74, 6) is -1.44. The molecule has 1 heterocycles. The number of allylic oxidation sites excluding steroid dienone is 1. The Morgan fingerprint density at radius 3 is 2.33 bits per heavy atom. The zero-order chi connectivity index (χ0) is 19.6. The van der Waals surface area contributed by atoms with Crippen LogP contribution in [0.5, 0.6) is 0 Å². The minimum Gasteiger partial charge on any atom is -0.294 e. The normalized spacial score (nSPS) is 17.7. The maximum absolute atomic E-state index is 12.9. The fraction of sp³-hybridized carbons (Fsp3) is 0.227. The van der Waals surface area contributed by atoms with Crippen molar-refractivity contribution in [1.29, 1.82) is 0 Å². The van der Waals surface area contributed by atoms with Gasteiger partial charge in [0, 0.05) is 16.3 Å². The van der Waals surface area contributed by atoms with Crippen LogP contribution in [0.15, 0.2) is 65.1 Å². The Hall–Kier alpha value is -2.53. The summed E-state index contributed by atoms with van der Waals surface area (Å²) in [6, 6.07) is 16.4. The molecule has 0 saturated carbocycles. The predicted octanol–water partition coefficient (Wildman–Crippen LogP) is 4.64. The molecule has 138 valence electrons. The van der Waals surface area contributed by atoms with E-state index in [1.807, 2.05) is 30.3 Å². The van der Waals surface area contributed by atoms with Gasteiger partial charge in [-0.05, 0) is 35.9 Å². The number of amides is 2. The molecule has 2 aromatic carbocycles. The van der Waals surface area contributed by atoms with Crippen LogP contribution >= 0.6 is 15.9 Å². The van der Waals surface area contributed by atoms with Crippen molar-refractivity contribution in [2.75, 3.05) is 4.90 Å². The van der Waals surface area contributed by atoms with Crippen molar-refractivity contribution in [2.24, 2.45) is 11.3 Å². The second kappa shape index (κ2) is 7.61. The van der Waals surface area contributed by atoms with Crippen molar-refractivity contribution in [3.05, 3.63) is 70.7 Å². The summed E-state index contributed by atoms with van der Waals surface area (Å²) in [6.45, 7) is 3.46. The Bertz CT molecular complexity index is 901. The Balaban J connectivity index is 1.79. The molecule has 0 spiro atoms. The van der Waals surface area contributed by atoms with Crippen molar-refractivity contribution < 1.29 is 14.4 Å². The highest BCUT2D eigenvalue weighted by molar-refractivity contribution is 9.10. The summed E-state index contributed by atoms with van der Waals surface area (Å²) < 4.78 is 0.961. The van der Waals surface area contributed by atoms with E-state index in [-0.39, 0.29) is 24.0 Å². The fourth-order valence-corrected chi connectivity index (χ4v) is 3.44. The lowest BCUT2D eigenvalue weighted by atomic mass is 9.74. The van der Waals surface area contributed by atoms with E-state index in [0.717, 1.165) is 10.0 Å². The lowest BCUT2D eigenvalue weighted by Gasteiger charge is -2.27. The third kappa shape index (κ3) is 3.93. The summed E-state index contributed by atoms with van der Waals surface area (Å²) in [5, 5.41) is 0. The van der Waals surface area contributed by atoms with Gasteiger partial charge in [0.1, 0.15) is 0 Å². The molecular formula is C22H20BrNO3.